The van der Waals surface area contributed by atoms with Crippen molar-refractivity contribution in [3.63, 3.8) is 0 Å². The molecule has 2 nitrogen and oxygen atoms in total. The van der Waals surface area contributed by atoms with Crippen molar-refractivity contribution in [1.29, 1.82) is 0 Å². The Morgan fingerprint density at radius 2 is 1.81 bits per heavy atom. The largest absolute Gasteiger partial charge is 0.328 e. The van der Waals surface area contributed by atoms with Crippen molar-refractivity contribution in [3.05, 3.63) is 0 Å². The molecule has 0 aromatic heterocycles. The fourth-order valence-corrected chi connectivity index (χ4v) is 3.39. The normalized spacial score (nSPS) is 37.5. The summed E-state index contributed by atoms with van der Waals surface area (Å²) in [6, 6.07) is 0.501. The molecule has 1 aliphatic carbocycles. The molecule has 94 valence electrons. The van der Waals surface area contributed by atoms with Gasteiger partial charge in [0.15, 0.2) is 0 Å². The van der Waals surface area contributed by atoms with Gasteiger partial charge in [-0.3, -0.25) is 0 Å². The third kappa shape index (κ3) is 3.46. The minimum absolute atomic E-state index is 0.501. The van der Waals surface area contributed by atoms with Crippen molar-refractivity contribution >= 4 is 0 Å². The number of likely N-dealkylation sites (tertiary alicyclic amines) is 1. The van der Waals surface area contributed by atoms with Crippen LogP contribution in [0.15, 0.2) is 0 Å². The van der Waals surface area contributed by atoms with E-state index in [1.165, 1.54) is 64.6 Å². The highest BCUT2D eigenvalue weighted by Gasteiger charge is 2.24. The molecule has 2 N–H and O–H groups in total. The van der Waals surface area contributed by atoms with E-state index in [-0.39, 0.29) is 0 Å². The molecule has 2 aliphatic rings. The fourth-order valence-electron chi connectivity index (χ4n) is 3.39. The van der Waals surface area contributed by atoms with Gasteiger partial charge in [-0.2, -0.15) is 0 Å². The van der Waals surface area contributed by atoms with Crippen molar-refractivity contribution in [2.75, 3.05) is 19.6 Å². The van der Waals surface area contributed by atoms with E-state index in [9.17, 15) is 0 Å². The molecule has 0 bridgehead atoms. The van der Waals surface area contributed by atoms with E-state index in [0.717, 1.165) is 11.8 Å². The molecule has 1 heterocycles. The summed E-state index contributed by atoms with van der Waals surface area (Å²) in [5.41, 5.74) is 5.96. The number of hydrogen-bond donors (Lipinski definition) is 1. The molecule has 1 atom stereocenters. The summed E-state index contributed by atoms with van der Waals surface area (Å²) in [6.07, 6.45) is 9.51. The zero-order chi connectivity index (χ0) is 11.4. The Labute approximate surface area is 101 Å². The summed E-state index contributed by atoms with van der Waals surface area (Å²) in [7, 11) is 0. The molecular weight excluding hydrogens is 196 g/mol. The maximum Gasteiger partial charge on any atom is 0.00390 e. The number of nitrogens with two attached hydrogens (primary N) is 1. The first-order valence-electron chi connectivity index (χ1n) is 7.26. The lowest BCUT2D eigenvalue weighted by Gasteiger charge is -2.36. The molecule has 2 rings (SSSR count). The maximum absolute atomic E-state index is 5.96. The van der Waals surface area contributed by atoms with E-state index in [2.05, 4.69) is 11.8 Å². The molecule has 2 heteroatoms. The van der Waals surface area contributed by atoms with Gasteiger partial charge >= 0.3 is 0 Å². The van der Waals surface area contributed by atoms with Crippen molar-refractivity contribution in [2.45, 2.75) is 57.9 Å². The van der Waals surface area contributed by atoms with Crippen LogP contribution < -0.4 is 5.73 Å². The van der Waals surface area contributed by atoms with Crippen molar-refractivity contribution < 1.29 is 0 Å². The SMILES string of the molecule is CCC1CCCN(CC2CCC(N)CC2)C1. The number of rotatable bonds is 3. The lowest BCUT2D eigenvalue weighted by molar-refractivity contribution is 0.133. The van der Waals surface area contributed by atoms with Crippen LogP contribution in [0.25, 0.3) is 0 Å². The molecule has 0 amide bonds. The number of nitrogens with zero attached hydrogens (tertiary/aromatic N) is 1. The molecular formula is C14H28N2. The van der Waals surface area contributed by atoms with E-state index in [4.69, 9.17) is 5.73 Å². The first kappa shape index (κ1) is 12.4. The summed E-state index contributed by atoms with van der Waals surface area (Å²) >= 11 is 0. The molecule has 0 aromatic rings. The molecule has 2 fully saturated rings. The highest BCUT2D eigenvalue weighted by Crippen LogP contribution is 2.26. The summed E-state index contributed by atoms with van der Waals surface area (Å²) in [6.45, 7) is 6.40. The monoisotopic (exact) mass is 224 g/mol. The van der Waals surface area contributed by atoms with E-state index in [1.54, 1.807) is 0 Å². The second kappa shape index (κ2) is 6.02. The lowest BCUT2D eigenvalue weighted by atomic mass is 9.85. The van der Waals surface area contributed by atoms with Crippen LogP contribution in [-0.2, 0) is 0 Å². The summed E-state index contributed by atoms with van der Waals surface area (Å²) < 4.78 is 0. The summed E-state index contributed by atoms with van der Waals surface area (Å²) in [5.74, 6) is 1.91. The Balaban J connectivity index is 1.72. The quantitative estimate of drug-likeness (QED) is 0.798. The molecule has 0 spiro atoms. The molecule has 1 aliphatic heterocycles. The van der Waals surface area contributed by atoms with E-state index in [0.29, 0.717) is 6.04 Å². The van der Waals surface area contributed by atoms with Crippen molar-refractivity contribution in [2.24, 2.45) is 17.6 Å². The fraction of sp³-hybridized carbons (Fsp3) is 1.00. The minimum Gasteiger partial charge on any atom is -0.328 e. The zero-order valence-corrected chi connectivity index (χ0v) is 10.8. The Kier molecular flexibility index (Phi) is 4.66. The Morgan fingerprint density at radius 3 is 2.50 bits per heavy atom. The highest BCUT2D eigenvalue weighted by molar-refractivity contribution is 4.79. The van der Waals surface area contributed by atoms with Crippen LogP contribution in [0.2, 0.25) is 0 Å². The first-order valence-corrected chi connectivity index (χ1v) is 7.26. The molecule has 16 heavy (non-hydrogen) atoms. The van der Waals surface area contributed by atoms with E-state index < -0.39 is 0 Å². The Morgan fingerprint density at radius 1 is 1.06 bits per heavy atom. The average Bonchev–Trinajstić information content (AvgIpc) is 2.32. The second-order valence-corrected chi connectivity index (χ2v) is 5.96. The average molecular weight is 224 g/mol. The van der Waals surface area contributed by atoms with Gasteiger partial charge in [-0.05, 0) is 56.9 Å². The van der Waals surface area contributed by atoms with Gasteiger partial charge in [-0.1, -0.05) is 13.3 Å². The smallest absolute Gasteiger partial charge is 0.00390 e. The minimum atomic E-state index is 0.501. The third-order valence-electron chi connectivity index (χ3n) is 4.59. The first-order chi connectivity index (χ1) is 7.78. The highest BCUT2D eigenvalue weighted by atomic mass is 15.1. The van der Waals surface area contributed by atoms with E-state index in [1.807, 2.05) is 0 Å². The standard InChI is InChI=1S/C14H28N2/c1-2-12-4-3-9-16(10-12)11-13-5-7-14(15)8-6-13/h12-14H,2-11,15H2,1H3. The number of piperidine rings is 1. The molecule has 0 radical (unpaired) electrons. The molecule has 0 aromatic carbocycles. The molecule has 1 unspecified atom stereocenters. The molecule has 1 saturated carbocycles. The van der Waals surface area contributed by atoms with Gasteiger partial charge in [0.2, 0.25) is 0 Å². The van der Waals surface area contributed by atoms with Gasteiger partial charge in [0.1, 0.15) is 0 Å². The maximum atomic E-state index is 5.96. The predicted molar refractivity (Wildman–Crippen MR) is 69.4 cm³/mol. The van der Waals surface area contributed by atoms with Gasteiger partial charge in [-0.25, -0.2) is 0 Å². The zero-order valence-electron chi connectivity index (χ0n) is 10.8. The third-order valence-corrected chi connectivity index (χ3v) is 4.59. The summed E-state index contributed by atoms with van der Waals surface area (Å²) in [5, 5.41) is 0. The van der Waals surface area contributed by atoms with Gasteiger partial charge < -0.3 is 10.6 Å². The topological polar surface area (TPSA) is 29.3 Å². The predicted octanol–water partition coefficient (Wildman–Crippen LogP) is 2.63. The summed E-state index contributed by atoms with van der Waals surface area (Å²) in [4.78, 5) is 2.72. The van der Waals surface area contributed by atoms with Gasteiger partial charge in [0.05, 0.1) is 0 Å². The number of hydrogen-bond acceptors (Lipinski definition) is 2. The van der Waals surface area contributed by atoms with Crippen LogP contribution in [0.1, 0.15) is 51.9 Å². The Hall–Kier alpha value is -0.0800. The van der Waals surface area contributed by atoms with Crippen molar-refractivity contribution in [1.82, 2.24) is 4.90 Å². The van der Waals surface area contributed by atoms with Gasteiger partial charge in [0.25, 0.3) is 0 Å². The van der Waals surface area contributed by atoms with Crippen LogP contribution >= 0.6 is 0 Å². The lowest BCUT2D eigenvalue weighted by Crippen LogP contribution is -2.40. The van der Waals surface area contributed by atoms with Crippen LogP contribution in [0.5, 0.6) is 0 Å². The van der Waals surface area contributed by atoms with Crippen LogP contribution in [0, 0.1) is 11.8 Å². The van der Waals surface area contributed by atoms with Crippen molar-refractivity contribution in [3.8, 4) is 0 Å². The second-order valence-electron chi connectivity index (χ2n) is 5.96. The Bertz CT molecular complexity index is 197. The van der Waals surface area contributed by atoms with E-state index >= 15 is 0 Å². The van der Waals surface area contributed by atoms with Crippen LogP contribution in [0.3, 0.4) is 0 Å². The van der Waals surface area contributed by atoms with Gasteiger partial charge in [0, 0.05) is 19.1 Å². The molecule has 1 saturated heterocycles. The van der Waals surface area contributed by atoms with Gasteiger partial charge in [-0.15, -0.1) is 0 Å². The van der Waals surface area contributed by atoms with Crippen LogP contribution in [-0.4, -0.2) is 30.6 Å². The van der Waals surface area contributed by atoms with Crippen LogP contribution in [0.4, 0.5) is 0 Å².